The molecule has 0 amide bonds. The number of fused-ring (bicyclic) bond motifs is 2. The van der Waals surface area contributed by atoms with Crippen LogP contribution in [0.5, 0.6) is 0 Å². The molecule has 48 heavy (non-hydrogen) atoms. The second kappa shape index (κ2) is 13.4. The van der Waals surface area contributed by atoms with Gasteiger partial charge in [0.05, 0.1) is 13.1 Å². The van der Waals surface area contributed by atoms with E-state index in [9.17, 15) is 0 Å². The standard InChI is InChI=1S/C43H51N4.CH3/c1-42(2)35-19-10-12-21-37(35)44(5)39(42)25-23-33-17-14-18-34(24-26-40-43(3,4)36-20-11-13-22-38(36)45(40)6)41(33)47-29-27-46(28-30-47)31-32-15-8-7-9-16-32;/h7-13,15-16,19-26H,14,17-18,27-31H2,1-6H3;1H3/q+1;-1. The molecule has 0 spiro atoms. The Morgan fingerprint density at radius 3 is 1.56 bits per heavy atom. The first-order valence-electron chi connectivity index (χ1n) is 17.5. The van der Waals surface area contributed by atoms with Crippen LogP contribution < -0.4 is 9.80 Å². The zero-order valence-electron chi connectivity index (χ0n) is 30.3. The fraction of sp³-hybridized carbons (Fsp3) is 0.364. The first kappa shape index (κ1) is 33.7. The van der Waals surface area contributed by atoms with Crippen LogP contribution in [-0.4, -0.2) is 55.5 Å². The Morgan fingerprint density at radius 1 is 0.625 bits per heavy atom. The fourth-order valence-electron chi connectivity index (χ4n) is 8.58. The van der Waals surface area contributed by atoms with E-state index < -0.39 is 0 Å². The topological polar surface area (TPSA) is 12.7 Å². The molecule has 0 N–H and O–H groups in total. The highest BCUT2D eigenvalue weighted by molar-refractivity contribution is 6.10. The van der Waals surface area contributed by atoms with Crippen molar-refractivity contribution in [2.45, 2.75) is 64.3 Å². The average molecular weight is 639 g/mol. The molecule has 3 heterocycles. The maximum Gasteiger partial charge on any atom is 0.206 e. The number of rotatable bonds is 4. The Labute approximate surface area is 290 Å². The van der Waals surface area contributed by atoms with Crippen molar-refractivity contribution in [3.8, 4) is 0 Å². The van der Waals surface area contributed by atoms with Gasteiger partial charge in [0.25, 0.3) is 0 Å². The summed E-state index contributed by atoms with van der Waals surface area (Å²) in [7, 11) is 4.45. The molecule has 4 heteroatoms. The third kappa shape index (κ3) is 6.00. The summed E-state index contributed by atoms with van der Waals surface area (Å²) >= 11 is 0. The largest absolute Gasteiger partial charge is 0.358 e. The molecule has 1 saturated heterocycles. The normalized spacial score (nSPS) is 23.6. The molecule has 1 saturated carbocycles. The fourth-order valence-corrected chi connectivity index (χ4v) is 8.58. The van der Waals surface area contributed by atoms with E-state index in [1.54, 1.807) is 0 Å². The first-order chi connectivity index (χ1) is 22.7. The molecule has 4 aliphatic rings. The highest BCUT2D eigenvalue weighted by Crippen LogP contribution is 2.48. The lowest BCUT2D eigenvalue weighted by Gasteiger charge is -2.29. The van der Waals surface area contributed by atoms with E-state index >= 15 is 0 Å². The van der Waals surface area contributed by atoms with Crippen LogP contribution in [0.4, 0.5) is 11.4 Å². The molecule has 4 nitrogen and oxygen atoms in total. The van der Waals surface area contributed by atoms with E-state index in [1.807, 2.05) is 0 Å². The number of hydrogen-bond acceptors (Lipinski definition) is 3. The van der Waals surface area contributed by atoms with Crippen LogP contribution in [-0.2, 0) is 17.4 Å². The van der Waals surface area contributed by atoms with Crippen molar-refractivity contribution in [2.75, 3.05) is 50.1 Å². The molecule has 2 fully saturated rings. The van der Waals surface area contributed by atoms with Gasteiger partial charge in [0.1, 0.15) is 0 Å². The van der Waals surface area contributed by atoms with E-state index in [0.717, 1.165) is 45.6 Å². The van der Waals surface area contributed by atoms with Crippen molar-refractivity contribution in [1.82, 2.24) is 4.90 Å². The van der Waals surface area contributed by atoms with E-state index in [0.29, 0.717) is 0 Å². The van der Waals surface area contributed by atoms with Crippen molar-refractivity contribution in [2.24, 2.45) is 0 Å². The van der Waals surface area contributed by atoms with Crippen LogP contribution in [0.25, 0.3) is 0 Å². The summed E-state index contributed by atoms with van der Waals surface area (Å²) in [6, 6.07) is 28.7. The lowest BCUT2D eigenvalue weighted by Crippen LogP contribution is -2.44. The van der Waals surface area contributed by atoms with Crippen LogP contribution >= 0.6 is 0 Å². The third-order valence-electron chi connectivity index (χ3n) is 11.2. The van der Waals surface area contributed by atoms with Crippen LogP contribution in [0.15, 0.2) is 126 Å². The van der Waals surface area contributed by atoms with Crippen LogP contribution in [0.3, 0.4) is 0 Å². The van der Waals surface area contributed by atoms with Gasteiger partial charge in [-0.3, -0.25) is 4.90 Å². The molecular weight excluding hydrogens is 585 g/mol. The number of allylic oxidation sites excluding steroid dienone is 8. The summed E-state index contributed by atoms with van der Waals surface area (Å²) in [5.74, 6) is 0. The Kier molecular flexibility index (Phi) is 9.42. The molecule has 7 rings (SSSR count). The summed E-state index contributed by atoms with van der Waals surface area (Å²) in [5.41, 5.74) is 14.0. The van der Waals surface area contributed by atoms with Crippen LogP contribution in [0, 0.1) is 7.43 Å². The minimum Gasteiger partial charge on any atom is -0.358 e. The zero-order chi connectivity index (χ0) is 32.8. The zero-order valence-corrected chi connectivity index (χ0v) is 30.3. The summed E-state index contributed by atoms with van der Waals surface area (Å²) < 4.78 is 2.70. The molecular formula is C44H54N4. The summed E-state index contributed by atoms with van der Waals surface area (Å²) in [4.78, 5) is 7.41. The minimum absolute atomic E-state index is 0. The van der Waals surface area contributed by atoms with E-state index in [-0.39, 0.29) is 18.3 Å². The molecule has 0 unspecified atom stereocenters. The molecule has 0 bridgehead atoms. The van der Waals surface area contributed by atoms with Gasteiger partial charge in [0, 0.05) is 65.4 Å². The summed E-state index contributed by atoms with van der Waals surface area (Å²) in [6.07, 6.45) is 13.2. The van der Waals surface area contributed by atoms with Gasteiger partial charge in [-0.05, 0) is 60.2 Å². The lowest BCUT2D eigenvalue weighted by atomic mass is 9.82. The molecule has 250 valence electrons. The summed E-state index contributed by atoms with van der Waals surface area (Å²) in [5, 5.41) is 0. The van der Waals surface area contributed by atoms with Gasteiger partial charge in [-0.1, -0.05) is 107 Å². The number of nitrogens with zero attached hydrogens (tertiary/aromatic N) is 4. The van der Waals surface area contributed by atoms with Crippen molar-refractivity contribution in [3.63, 3.8) is 0 Å². The quantitative estimate of drug-likeness (QED) is 0.209. The Balaban J connectivity index is 0.00000401. The SMILES string of the molecule is CN1C(=CC=C2CCC/C(=C\C=C3\N(C)c4ccccc4C3(C)C)C2=[N+]2CCN(Cc3ccccc3)CC2)C(C)(C)c2ccccc21.[CH3-]. The predicted molar refractivity (Wildman–Crippen MR) is 205 cm³/mol. The average Bonchev–Trinajstić information content (AvgIpc) is 3.40. The van der Waals surface area contributed by atoms with Gasteiger partial charge in [0.15, 0.2) is 13.1 Å². The van der Waals surface area contributed by atoms with Crippen molar-refractivity contribution < 1.29 is 4.58 Å². The second-order valence-electron chi connectivity index (χ2n) is 14.8. The van der Waals surface area contributed by atoms with Crippen molar-refractivity contribution in [3.05, 3.63) is 150 Å². The minimum atomic E-state index is -0.0307. The van der Waals surface area contributed by atoms with Gasteiger partial charge in [-0.15, -0.1) is 0 Å². The Hall–Kier alpha value is -4.15. The molecule has 3 aliphatic heterocycles. The van der Waals surface area contributed by atoms with Gasteiger partial charge < -0.3 is 17.2 Å². The number of likely N-dealkylation sites (N-methyl/N-ethyl adjacent to an activating group) is 2. The maximum absolute atomic E-state index is 2.70. The Morgan fingerprint density at radius 2 is 1.08 bits per heavy atom. The molecule has 0 aromatic heterocycles. The highest BCUT2D eigenvalue weighted by Gasteiger charge is 2.39. The highest BCUT2D eigenvalue weighted by atomic mass is 15.2. The Bertz CT molecular complexity index is 1710. The maximum atomic E-state index is 2.70. The molecule has 3 aromatic rings. The van der Waals surface area contributed by atoms with Crippen LogP contribution in [0.2, 0.25) is 0 Å². The van der Waals surface area contributed by atoms with E-state index in [4.69, 9.17) is 0 Å². The van der Waals surface area contributed by atoms with Crippen molar-refractivity contribution in [1.29, 1.82) is 0 Å². The third-order valence-corrected chi connectivity index (χ3v) is 11.2. The van der Waals surface area contributed by atoms with Gasteiger partial charge in [-0.2, -0.15) is 0 Å². The number of hydrogen-bond donors (Lipinski definition) is 0. The number of para-hydroxylation sites is 2. The molecule has 0 radical (unpaired) electrons. The summed E-state index contributed by atoms with van der Waals surface area (Å²) in [6.45, 7) is 14.8. The van der Waals surface area contributed by atoms with Gasteiger partial charge in [-0.25, -0.2) is 4.58 Å². The second-order valence-corrected chi connectivity index (χ2v) is 14.8. The predicted octanol–water partition coefficient (Wildman–Crippen LogP) is 9.07. The molecule has 0 atom stereocenters. The first-order valence-corrected chi connectivity index (χ1v) is 17.5. The van der Waals surface area contributed by atoms with E-state index in [2.05, 4.69) is 164 Å². The smallest absolute Gasteiger partial charge is 0.206 e. The number of anilines is 2. The van der Waals surface area contributed by atoms with Gasteiger partial charge in [0.2, 0.25) is 5.71 Å². The van der Waals surface area contributed by atoms with E-state index in [1.165, 1.54) is 62.7 Å². The van der Waals surface area contributed by atoms with Crippen LogP contribution in [0.1, 0.15) is 63.6 Å². The van der Waals surface area contributed by atoms with Crippen molar-refractivity contribution >= 4 is 17.1 Å². The van der Waals surface area contributed by atoms with Gasteiger partial charge >= 0.3 is 0 Å². The monoisotopic (exact) mass is 638 g/mol. The lowest BCUT2D eigenvalue weighted by molar-refractivity contribution is -0.539. The number of piperazine rings is 1. The number of benzene rings is 3. The molecule has 3 aromatic carbocycles. The molecule has 1 aliphatic carbocycles.